The molecule has 29 heavy (non-hydrogen) atoms. The van der Waals surface area contributed by atoms with E-state index < -0.39 is 6.10 Å². The molecule has 8 heteroatoms. The van der Waals surface area contributed by atoms with Crippen LogP contribution in [0.2, 0.25) is 0 Å². The van der Waals surface area contributed by atoms with Gasteiger partial charge in [0.05, 0.1) is 20.8 Å². The van der Waals surface area contributed by atoms with Crippen molar-refractivity contribution in [1.29, 1.82) is 0 Å². The lowest BCUT2D eigenvalue weighted by atomic mass is 10.2. The molecule has 0 fully saturated rings. The van der Waals surface area contributed by atoms with Crippen molar-refractivity contribution >= 4 is 5.91 Å². The summed E-state index contributed by atoms with van der Waals surface area (Å²) in [5.41, 5.74) is 0.768. The van der Waals surface area contributed by atoms with Gasteiger partial charge in [0, 0.05) is 12.6 Å². The molecule has 0 saturated carbocycles. The van der Waals surface area contributed by atoms with E-state index in [1.807, 2.05) is 24.3 Å². The minimum atomic E-state index is -0.672. The second-order valence-corrected chi connectivity index (χ2v) is 6.37. The van der Waals surface area contributed by atoms with Gasteiger partial charge in [0.1, 0.15) is 17.2 Å². The van der Waals surface area contributed by atoms with E-state index in [2.05, 4.69) is 10.1 Å². The van der Waals surface area contributed by atoms with Crippen molar-refractivity contribution in [2.75, 3.05) is 21.3 Å². The molecule has 1 unspecified atom stereocenters. The van der Waals surface area contributed by atoms with Gasteiger partial charge in [-0.05, 0) is 43.3 Å². The molecule has 0 radical (unpaired) electrons. The van der Waals surface area contributed by atoms with Gasteiger partial charge < -0.3 is 23.6 Å². The minimum Gasteiger partial charge on any atom is -0.497 e. The zero-order chi connectivity index (χ0) is 20.8. The molecule has 0 aliphatic carbocycles. The normalized spacial score (nSPS) is 11.6. The number of carbonyl (C=O) groups excluding carboxylic acids is 1. The second-order valence-electron chi connectivity index (χ2n) is 6.37. The number of ether oxygens (including phenoxy) is 3. The first kappa shape index (κ1) is 20.2. The summed E-state index contributed by atoms with van der Waals surface area (Å²) in [6.07, 6.45) is -0.672. The van der Waals surface area contributed by atoms with E-state index in [1.54, 1.807) is 52.5 Å². The SMILES string of the molecule is COc1ccc(OC(C)C(=O)N(C)Cc2nc(-c3cccc(OC)c3)no2)cc1. The molecule has 0 bridgehead atoms. The van der Waals surface area contributed by atoms with Crippen molar-refractivity contribution in [3.05, 3.63) is 54.4 Å². The van der Waals surface area contributed by atoms with Crippen LogP contribution in [0, 0.1) is 0 Å². The van der Waals surface area contributed by atoms with Crippen LogP contribution in [0.1, 0.15) is 12.8 Å². The molecule has 0 aliphatic rings. The summed E-state index contributed by atoms with van der Waals surface area (Å²) in [6.45, 7) is 1.87. The van der Waals surface area contributed by atoms with Gasteiger partial charge >= 0.3 is 0 Å². The summed E-state index contributed by atoms with van der Waals surface area (Å²) in [7, 11) is 4.84. The van der Waals surface area contributed by atoms with Gasteiger partial charge in [-0.3, -0.25) is 4.79 Å². The number of amides is 1. The molecule has 3 rings (SSSR count). The average molecular weight is 397 g/mol. The van der Waals surface area contributed by atoms with Crippen molar-refractivity contribution in [2.24, 2.45) is 0 Å². The lowest BCUT2D eigenvalue weighted by molar-refractivity contribution is -0.137. The van der Waals surface area contributed by atoms with Crippen LogP contribution in [0.15, 0.2) is 53.1 Å². The Labute approximate surface area is 169 Å². The smallest absolute Gasteiger partial charge is 0.263 e. The molecule has 152 valence electrons. The van der Waals surface area contributed by atoms with Crippen molar-refractivity contribution in [3.63, 3.8) is 0 Å². The maximum atomic E-state index is 12.6. The molecule has 0 saturated heterocycles. The first-order valence-corrected chi connectivity index (χ1v) is 9.03. The van der Waals surface area contributed by atoms with Crippen LogP contribution in [0.4, 0.5) is 0 Å². The number of carbonyl (C=O) groups is 1. The van der Waals surface area contributed by atoms with Gasteiger partial charge in [-0.1, -0.05) is 17.3 Å². The van der Waals surface area contributed by atoms with E-state index in [9.17, 15) is 4.79 Å². The largest absolute Gasteiger partial charge is 0.497 e. The third-order valence-corrected chi connectivity index (χ3v) is 4.26. The molecule has 8 nitrogen and oxygen atoms in total. The fraction of sp³-hybridized carbons (Fsp3) is 0.286. The molecular formula is C21H23N3O5. The third-order valence-electron chi connectivity index (χ3n) is 4.26. The van der Waals surface area contributed by atoms with Crippen LogP contribution in [-0.4, -0.2) is 48.3 Å². The third kappa shape index (κ3) is 5.04. The highest BCUT2D eigenvalue weighted by Gasteiger charge is 2.21. The summed E-state index contributed by atoms with van der Waals surface area (Å²) >= 11 is 0. The second kappa shape index (κ2) is 9.09. The minimum absolute atomic E-state index is 0.173. The molecule has 2 aromatic carbocycles. The first-order valence-electron chi connectivity index (χ1n) is 9.03. The number of hydrogen-bond acceptors (Lipinski definition) is 7. The van der Waals surface area contributed by atoms with E-state index in [4.69, 9.17) is 18.7 Å². The number of nitrogens with zero attached hydrogens (tertiary/aromatic N) is 3. The molecule has 0 aliphatic heterocycles. The van der Waals surface area contributed by atoms with Crippen LogP contribution in [0.3, 0.4) is 0 Å². The van der Waals surface area contributed by atoms with Crippen molar-refractivity contribution in [1.82, 2.24) is 15.0 Å². The Kier molecular flexibility index (Phi) is 6.33. The Hall–Kier alpha value is -3.55. The summed E-state index contributed by atoms with van der Waals surface area (Å²) in [6, 6.07) is 14.4. The van der Waals surface area contributed by atoms with Crippen LogP contribution in [0.25, 0.3) is 11.4 Å². The fourth-order valence-corrected chi connectivity index (χ4v) is 2.70. The molecular weight excluding hydrogens is 374 g/mol. The van der Waals surface area contributed by atoms with Gasteiger partial charge in [-0.25, -0.2) is 0 Å². The van der Waals surface area contributed by atoms with Crippen LogP contribution in [0.5, 0.6) is 17.2 Å². The highest BCUT2D eigenvalue weighted by molar-refractivity contribution is 5.80. The molecule has 1 atom stereocenters. The number of aromatic nitrogens is 2. The highest BCUT2D eigenvalue weighted by Crippen LogP contribution is 2.22. The zero-order valence-electron chi connectivity index (χ0n) is 16.8. The van der Waals surface area contributed by atoms with E-state index >= 15 is 0 Å². The Morgan fingerprint density at radius 1 is 1.07 bits per heavy atom. The monoisotopic (exact) mass is 397 g/mol. The molecule has 1 aromatic heterocycles. The van der Waals surface area contributed by atoms with Crippen molar-refractivity contribution in [3.8, 4) is 28.6 Å². The maximum Gasteiger partial charge on any atom is 0.263 e. The Morgan fingerprint density at radius 2 is 1.76 bits per heavy atom. The summed E-state index contributed by atoms with van der Waals surface area (Å²) < 4.78 is 21.3. The summed E-state index contributed by atoms with van der Waals surface area (Å²) in [4.78, 5) is 18.4. The van der Waals surface area contributed by atoms with Gasteiger partial charge in [0.25, 0.3) is 5.91 Å². The standard InChI is InChI=1S/C21H23N3O5/c1-14(28-17-10-8-16(26-3)9-11-17)21(25)24(2)13-19-22-20(23-29-19)15-6-5-7-18(12-15)27-4/h5-12,14H,13H2,1-4H3. The quantitative estimate of drug-likeness (QED) is 0.577. The Balaban J connectivity index is 1.60. The van der Waals surface area contributed by atoms with Crippen LogP contribution in [-0.2, 0) is 11.3 Å². The Morgan fingerprint density at radius 3 is 2.45 bits per heavy atom. The number of hydrogen-bond donors (Lipinski definition) is 0. The molecule has 0 N–H and O–H groups in total. The first-order chi connectivity index (χ1) is 14.0. The van der Waals surface area contributed by atoms with E-state index in [1.165, 1.54) is 4.90 Å². The molecule has 3 aromatic rings. The van der Waals surface area contributed by atoms with E-state index in [0.717, 1.165) is 11.3 Å². The van der Waals surface area contributed by atoms with Crippen molar-refractivity contribution in [2.45, 2.75) is 19.6 Å². The number of benzene rings is 2. The van der Waals surface area contributed by atoms with Crippen LogP contribution < -0.4 is 14.2 Å². The predicted molar refractivity (Wildman–Crippen MR) is 106 cm³/mol. The molecule has 1 amide bonds. The maximum absolute atomic E-state index is 12.6. The fourth-order valence-electron chi connectivity index (χ4n) is 2.70. The Bertz CT molecular complexity index is 955. The lowest BCUT2D eigenvalue weighted by Crippen LogP contribution is -2.37. The van der Waals surface area contributed by atoms with Gasteiger partial charge in [0.2, 0.25) is 11.7 Å². The van der Waals surface area contributed by atoms with E-state index in [-0.39, 0.29) is 12.5 Å². The molecule has 1 heterocycles. The molecule has 0 spiro atoms. The zero-order valence-corrected chi connectivity index (χ0v) is 16.8. The topological polar surface area (TPSA) is 86.9 Å². The predicted octanol–water partition coefficient (Wildman–Crippen LogP) is 3.18. The van der Waals surface area contributed by atoms with Crippen LogP contribution >= 0.6 is 0 Å². The lowest BCUT2D eigenvalue weighted by Gasteiger charge is -2.20. The van der Waals surface area contributed by atoms with E-state index in [0.29, 0.717) is 23.2 Å². The average Bonchev–Trinajstić information content (AvgIpc) is 3.22. The van der Waals surface area contributed by atoms with Crippen molar-refractivity contribution < 1.29 is 23.5 Å². The summed E-state index contributed by atoms with van der Waals surface area (Å²) in [5.74, 6) is 2.56. The van der Waals surface area contributed by atoms with Gasteiger partial charge in [0.15, 0.2) is 6.10 Å². The van der Waals surface area contributed by atoms with Gasteiger partial charge in [-0.15, -0.1) is 0 Å². The number of likely N-dealkylation sites (N-methyl/N-ethyl adjacent to an activating group) is 1. The van der Waals surface area contributed by atoms with Gasteiger partial charge in [-0.2, -0.15) is 4.98 Å². The number of rotatable bonds is 8. The number of methoxy groups -OCH3 is 2. The summed E-state index contributed by atoms with van der Waals surface area (Å²) in [5, 5.41) is 3.98. The highest BCUT2D eigenvalue weighted by atomic mass is 16.5.